The summed E-state index contributed by atoms with van der Waals surface area (Å²) in [4.78, 5) is 26.3. The molecule has 26 heavy (non-hydrogen) atoms. The minimum absolute atomic E-state index is 0.0400. The first-order chi connectivity index (χ1) is 12.4. The molecule has 2 amide bonds. The van der Waals surface area contributed by atoms with E-state index in [1.165, 1.54) is 23.5 Å². The van der Waals surface area contributed by atoms with Gasteiger partial charge in [0.2, 0.25) is 12.3 Å². The Morgan fingerprint density at radius 3 is 2.35 bits per heavy atom. The predicted molar refractivity (Wildman–Crippen MR) is 100 cm³/mol. The van der Waals surface area contributed by atoms with Gasteiger partial charge in [-0.3, -0.25) is 9.59 Å². The molecule has 2 aliphatic rings. The molecule has 2 N–H and O–H groups in total. The Kier molecular flexibility index (Phi) is 8.00. The van der Waals surface area contributed by atoms with E-state index in [0.717, 1.165) is 32.3 Å². The molecule has 8 heteroatoms. The van der Waals surface area contributed by atoms with Crippen LogP contribution in [0.2, 0.25) is 10.0 Å². The van der Waals surface area contributed by atoms with Gasteiger partial charge in [-0.25, -0.2) is 0 Å². The first kappa shape index (κ1) is 20.8. The predicted octanol–water partition coefficient (Wildman–Crippen LogP) is 2.68. The molecule has 1 saturated heterocycles. The molecule has 0 radical (unpaired) electrons. The number of carbonyl (C=O) groups is 2. The van der Waals surface area contributed by atoms with Crippen LogP contribution in [-0.4, -0.2) is 64.1 Å². The number of nitrogens with zero attached hydrogens (tertiary/aromatic N) is 2. The van der Waals surface area contributed by atoms with Crippen molar-refractivity contribution in [3.8, 4) is 5.75 Å². The molecule has 0 unspecified atom stereocenters. The minimum Gasteiger partial charge on any atom is -0.508 e. The van der Waals surface area contributed by atoms with Crippen LogP contribution >= 0.6 is 23.2 Å². The summed E-state index contributed by atoms with van der Waals surface area (Å²) in [6.45, 7) is 1.80. The fourth-order valence-electron chi connectivity index (χ4n) is 2.97. The van der Waals surface area contributed by atoms with Gasteiger partial charge in [0, 0.05) is 19.1 Å². The summed E-state index contributed by atoms with van der Waals surface area (Å²) in [7, 11) is 0. The maximum atomic E-state index is 12.0. The number of phenols is 1. The second kappa shape index (κ2) is 10.00. The van der Waals surface area contributed by atoms with Crippen LogP contribution < -0.4 is 0 Å². The zero-order chi connectivity index (χ0) is 19.1. The molecule has 6 nitrogen and oxygen atoms in total. The largest absolute Gasteiger partial charge is 0.508 e. The number of hydrogen-bond donors (Lipinski definition) is 2. The summed E-state index contributed by atoms with van der Waals surface area (Å²) in [5.74, 6) is 0.169. The smallest absolute Gasteiger partial charge is 0.242 e. The van der Waals surface area contributed by atoms with Crippen molar-refractivity contribution in [1.29, 1.82) is 0 Å². The average molecular weight is 403 g/mol. The number of hydrogen-bond acceptors (Lipinski definition) is 4. The standard InChI is InChI=1S/C12H20N2O3.C6H4Cl2O/c15-9-14(10-6-11(16)7-10)8-12(17)13-4-2-1-3-5-13;7-5-2-1-4(9)3-6(5)8/h9-11,16H,1-8H2;1-3,9H. The lowest BCUT2D eigenvalue weighted by molar-refractivity contribution is -0.140. The molecular formula is C18H24Cl2N2O4. The van der Waals surface area contributed by atoms with Crippen molar-refractivity contribution in [3.63, 3.8) is 0 Å². The van der Waals surface area contributed by atoms with Gasteiger partial charge >= 0.3 is 0 Å². The van der Waals surface area contributed by atoms with E-state index in [1.54, 1.807) is 6.07 Å². The highest BCUT2D eigenvalue weighted by Crippen LogP contribution is 2.25. The lowest BCUT2D eigenvalue weighted by Gasteiger charge is -2.39. The number of piperidine rings is 1. The Balaban J connectivity index is 0.000000228. The fraction of sp³-hybridized carbons (Fsp3) is 0.556. The topological polar surface area (TPSA) is 81.1 Å². The molecule has 1 aromatic carbocycles. The van der Waals surface area contributed by atoms with Crippen LogP contribution in [0.5, 0.6) is 5.75 Å². The van der Waals surface area contributed by atoms with Crippen LogP contribution in [0.25, 0.3) is 0 Å². The Labute approximate surface area is 163 Å². The van der Waals surface area contributed by atoms with Gasteiger partial charge < -0.3 is 20.0 Å². The molecule has 1 saturated carbocycles. The number of aliphatic hydroxyl groups is 1. The number of likely N-dealkylation sites (tertiary alicyclic amines) is 1. The summed E-state index contributed by atoms with van der Waals surface area (Å²) in [5, 5.41) is 18.8. The van der Waals surface area contributed by atoms with Crippen LogP contribution in [0.4, 0.5) is 0 Å². The molecule has 0 atom stereocenters. The zero-order valence-corrected chi connectivity index (χ0v) is 16.0. The first-order valence-electron chi connectivity index (χ1n) is 8.71. The summed E-state index contributed by atoms with van der Waals surface area (Å²) >= 11 is 11.1. The summed E-state index contributed by atoms with van der Waals surface area (Å²) in [5.41, 5.74) is 0. The molecule has 2 fully saturated rings. The second-order valence-corrected chi connectivity index (χ2v) is 7.41. The summed E-state index contributed by atoms with van der Waals surface area (Å²) < 4.78 is 0. The van der Waals surface area contributed by atoms with Gasteiger partial charge in [0.05, 0.1) is 22.7 Å². The van der Waals surface area contributed by atoms with Gasteiger partial charge in [-0.05, 0) is 50.3 Å². The van der Waals surface area contributed by atoms with Crippen molar-refractivity contribution in [2.24, 2.45) is 0 Å². The molecule has 0 spiro atoms. The maximum Gasteiger partial charge on any atom is 0.242 e. The number of phenolic OH excluding ortho intramolecular Hbond substituents is 1. The molecule has 1 aromatic rings. The molecule has 1 aliphatic carbocycles. The zero-order valence-electron chi connectivity index (χ0n) is 14.5. The summed E-state index contributed by atoms with van der Waals surface area (Å²) in [6.07, 6.45) is 4.96. The third-order valence-electron chi connectivity index (χ3n) is 4.62. The van der Waals surface area contributed by atoms with Gasteiger partial charge in [0.25, 0.3) is 0 Å². The van der Waals surface area contributed by atoms with Gasteiger partial charge in [-0.15, -0.1) is 0 Å². The number of aliphatic hydroxyl groups excluding tert-OH is 1. The Morgan fingerprint density at radius 1 is 1.19 bits per heavy atom. The second-order valence-electron chi connectivity index (χ2n) is 6.60. The van der Waals surface area contributed by atoms with Gasteiger partial charge in [0.15, 0.2) is 0 Å². The lowest BCUT2D eigenvalue weighted by Crippen LogP contribution is -2.51. The van der Waals surface area contributed by atoms with Crippen molar-refractivity contribution in [1.82, 2.24) is 9.80 Å². The van der Waals surface area contributed by atoms with Crippen LogP contribution in [0.3, 0.4) is 0 Å². The molecule has 1 heterocycles. The van der Waals surface area contributed by atoms with E-state index < -0.39 is 0 Å². The van der Waals surface area contributed by atoms with E-state index in [1.807, 2.05) is 4.90 Å². The van der Waals surface area contributed by atoms with E-state index in [0.29, 0.717) is 22.9 Å². The number of aromatic hydroxyl groups is 1. The maximum absolute atomic E-state index is 12.0. The molecule has 0 aromatic heterocycles. The normalized spacial score (nSPS) is 21.9. The highest BCUT2D eigenvalue weighted by molar-refractivity contribution is 6.42. The van der Waals surface area contributed by atoms with Gasteiger partial charge in [0.1, 0.15) is 5.75 Å². The molecule has 0 bridgehead atoms. The van der Waals surface area contributed by atoms with Crippen molar-refractivity contribution < 1.29 is 19.8 Å². The van der Waals surface area contributed by atoms with E-state index in [2.05, 4.69) is 0 Å². The number of halogens is 2. The van der Waals surface area contributed by atoms with Crippen LogP contribution in [0.1, 0.15) is 32.1 Å². The lowest BCUT2D eigenvalue weighted by atomic mass is 9.88. The number of carbonyl (C=O) groups excluding carboxylic acids is 2. The quantitative estimate of drug-likeness (QED) is 0.758. The molecule has 1 aliphatic heterocycles. The molecule has 3 rings (SSSR count). The SMILES string of the molecule is O=CN(CC(=O)N1CCCCC1)C1CC(O)C1.Oc1ccc(Cl)c(Cl)c1. The van der Waals surface area contributed by atoms with Crippen molar-refractivity contribution in [2.45, 2.75) is 44.2 Å². The number of amides is 2. The third-order valence-corrected chi connectivity index (χ3v) is 5.36. The Bertz CT molecular complexity index is 617. The van der Waals surface area contributed by atoms with E-state index in [4.69, 9.17) is 28.3 Å². The minimum atomic E-state index is -0.299. The third kappa shape index (κ3) is 6.04. The average Bonchev–Trinajstić information content (AvgIpc) is 2.62. The fourth-order valence-corrected chi connectivity index (χ4v) is 3.26. The summed E-state index contributed by atoms with van der Waals surface area (Å²) in [6, 6.07) is 4.47. The first-order valence-corrected chi connectivity index (χ1v) is 9.47. The van der Waals surface area contributed by atoms with Gasteiger partial charge in [-0.1, -0.05) is 23.2 Å². The highest BCUT2D eigenvalue weighted by atomic mass is 35.5. The van der Waals surface area contributed by atoms with Crippen LogP contribution in [0.15, 0.2) is 18.2 Å². The van der Waals surface area contributed by atoms with Crippen molar-refractivity contribution in [2.75, 3.05) is 19.6 Å². The highest BCUT2D eigenvalue weighted by Gasteiger charge is 2.33. The van der Waals surface area contributed by atoms with Crippen LogP contribution in [-0.2, 0) is 9.59 Å². The van der Waals surface area contributed by atoms with E-state index in [9.17, 15) is 14.7 Å². The Morgan fingerprint density at radius 2 is 1.85 bits per heavy atom. The monoisotopic (exact) mass is 402 g/mol. The van der Waals surface area contributed by atoms with Crippen molar-refractivity contribution >= 4 is 35.5 Å². The molecule has 144 valence electrons. The van der Waals surface area contributed by atoms with Gasteiger partial charge in [-0.2, -0.15) is 0 Å². The Hall–Kier alpha value is -1.50. The van der Waals surface area contributed by atoms with E-state index in [-0.39, 0.29) is 30.3 Å². The number of benzene rings is 1. The number of rotatable bonds is 4. The van der Waals surface area contributed by atoms with Crippen molar-refractivity contribution in [3.05, 3.63) is 28.2 Å². The van der Waals surface area contributed by atoms with Crippen LogP contribution in [0, 0.1) is 0 Å². The van der Waals surface area contributed by atoms with E-state index >= 15 is 0 Å². The molecular weight excluding hydrogens is 379 g/mol.